The summed E-state index contributed by atoms with van der Waals surface area (Å²) in [4.78, 5) is 3.52. The Morgan fingerprint density at radius 1 is 1.32 bits per heavy atom. The predicted octanol–water partition coefficient (Wildman–Crippen LogP) is 2.95. The first-order valence-corrected chi connectivity index (χ1v) is 7.06. The molecule has 19 heavy (non-hydrogen) atoms. The van der Waals surface area contributed by atoms with Crippen LogP contribution in [-0.4, -0.2) is 25.2 Å². The van der Waals surface area contributed by atoms with Gasteiger partial charge in [0.15, 0.2) is 0 Å². The molecule has 1 aliphatic heterocycles. The van der Waals surface area contributed by atoms with Crippen LogP contribution >= 0.6 is 0 Å². The normalized spacial score (nSPS) is 19.2. The van der Waals surface area contributed by atoms with Crippen molar-refractivity contribution in [3.63, 3.8) is 0 Å². The number of benzene rings is 1. The fraction of sp³-hybridized carbons (Fsp3) is 0.500. The molecule has 0 spiro atoms. The predicted molar refractivity (Wildman–Crippen MR) is 79.0 cm³/mol. The maximum Gasteiger partial charge on any atom is 0.142 e. The number of H-pyrrole nitrogens is 1. The number of aryl methyl sites for hydroxylation is 2. The molecule has 0 aliphatic carbocycles. The second-order valence-corrected chi connectivity index (χ2v) is 5.63. The molecule has 2 heterocycles. The quantitative estimate of drug-likeness (QED) is 0.888. The Hall–Kier alpha value is -1.48. The standard InChI is InChI=1S/C16H22N2O/c1-10-4-5-14(19-3)16-15(10)13(11(2)18-16)8-12-6-7-17-9-12/h4-5,12,17-18H,6-9H2,1-3H3. The van der Waals surface area contributed by atoms with Crippen molar-refractivity contribution in [3.8, 4) is 5.75 Å². The summed E-state index contributed by atoms with van der Waals surface area (Å²) in [5.74, 6) is 1.71. The number of ether oxygens (including phenoxy) is 1. The topological polar surface area (TPSA) is 37.0 Å². The molecule has 1 unspecified atom stereocenters. The van der Waals surface area contributed by atoms with Crippen LogP contribution < -0.4 is 10.1 Å². The number of aromatic amines is 1. The third-order valence-electron chi connectivity index (χ3n) is 4.32. The van der Waals surface area contributed by atoms with Crippen molar-refractivity contribution in [2.45, 2.75) is 26.7 Å². The molecule has 2 N–H and O–H groups in total. The van der Waals surface area contributed by atoms with Crippen LogP contribution in [0.5, 0.6) is 5.75 Å². The molecule has 1 fully saturated rings. The number of rotatable bonds is 3. The summed E-state index contributed by atoms with van der Waals surface area (Å²) < 4.78 is 5.48. The lowest BCUT2D eigenvalue weighted by molar-refractivity contribution is 0.419. The second-order valence-electron chi connectivity index (χ2n) is 5.63. The third kappa shape index (κ3) is 2.12. The second kappa shape index (κ2) is 4.89. The molecule has 0 radical (unpaired) electrons. The van der Waals surface area contributed by atoms with Gasteiger partial charge in [0.25, 0.3) is 0 Å². The number of methoxy groups -OCH3 is 1. The lowest BCUT2D eigenvalue weighted by Crippen LogP contribution is -2.11. The molecule has 3 rings (SSSR count). The van der Waals surface area contributed by atoms with E-state index in [1.165, 1.54) is 28.6 Å². The number of aromatic nitrogens is 1. The first-order chi connectivity index (χ1) is 9.20. The van der Waals surface area contributed by atoms with Gasteiger partial charge in [0, 0.05) is 11.1 Å². The Morgan fingerprint density at radius 2 is 2.16 bits per heavy atom. The van der Waals surface area contributed by atoms with Crippen molar-refractivity contribution in [1.29, 1.82) is 0 Å². The van der Waals surface area contributed by atoms with E-state index >= 15 is 0 Å². The van der Waals surface area contributed by atoms with E-state index < -0.39 is 0 Å². The van der Waals surface area contributed by atoms with Crippen LogP contribution in [0.15, 0.2) is 12.1 Å². The molecule has 1 aliphatic rings. The van der Waals surface area contributed by atoms with E-state index in [9.17, 15) is 0 Å². The summed E-state index contributed by atoms with van der Waals surface area (Å²) in [6.07, 6.45) is 2.45. The van der Waals surface area contributed by atoms with Crippen LogP contribution in [0.25, 0.3) is 10.9 Å². The Balaban J connectivity index is 2.09. The Kier molecular flexibility index (Phi) is 3.23. The smallest absolute Gasteiger partial charge is 0.142 e. The van der Waals surface area contributed by atoms with E-state index in [-0.39, 0.29) is 0 Å². The largest absolute Gasteiger partial charge is 0.495 e. The molecule has 1 atom stereocenters. The molecule has 1 aromatic carbocycles. The SMILES string of the molecule is COc1ccc(C)c2c(CC3CCNC3)c(C)[nH]c12. The third-order valence-corrected chi connectivity index (χ3v) is 4.32. The average Bonchev–Trinajstić information content (AvgIpc) is 3.00. The number of nitrogens with one attached hydrogen (secondary N) is 2. The summed E-state index contributed by atoms with van der Waals surface area (Å²) in [5, 5.41) is 4.82. The highest BCUT2D eigenvalue weighted by Crippen LogP contribution is 2.34. The molecule has 1 aromatic heterocycles. The van der Waals surface area contributed by atoms with Gasteiger partial charge in [-0.2, -0.15) is 0 Å². The number of fused-ring (bicyclic) bond motifs is 1. The van der Waals surface area contributed by atoms with Gasteiger partial charge in [-0.15, -0.1) is 0 Å². The van der Waals surface area contributed by atoms with Gasteiger partial charge in [-0.1, -0.05) is 6.07 Å². The van der Waals surface area contributed by atoms with E-state index in [1.54, 1.807) is 7.11 Å². The fourth-order valence-corrected chi connectivity index (χ4v) is 3.25. The Morgan fingerprint density at radius 3 is 2.84 bits per heavy atom. The molecule has 3 heteroatoms. The number of hydrogen-bond acceptors (Lipinski definition) is 2. The van der Waals surface area contributed by atoms with Gasteiger partial charge in [0.05, 0.1) is 12.6 Å². The average molecular weight is 258 g/mol. The molecular weight excluding hydrogens is 236 g/mol. The van der Waals surface area contributed by atoms with Crippen molar-refractivity contribution >= 4 is 10.9 Å². The van der Waals surface area contributed by atoms with E-state index in [1.807, 2.05) is 0 Å². The molecule has 102 valence electrons. The monoisotopic (exact) mass is 258 g/mol. The lowest BCUT2D eigenvalue weighted by atomic mass is 9.95. The molecular formula is C16H22N2O. The zero-order chi connectivity index (χ0) is 13.4. The van der Waals surface area contributed by atoms with E-state index in [0.29, 0.717) is 0 Å². The van der Waals surface area contributed by atoms with Crippen molar-refractivity contribution < 1.29 is 4.74 Å². The summed E-state index contributed by atoms with van der Waals surface area (Å²) in [6, 6.07) is 4.21. The maximum absolute atomic E-state index is 5.48. The fourth-order valence-electron chi connectivity index (χ4n) is 3.25. The van der Waals surface area contributed by atoms with Crippen LogP contribution in [0.4, 0.5) is 0 Å². The zero-order valence-corrected chi connectivity index (χ0v) is 12.0. The summed E-state index contributed by atoms with van der Waals surface area (Å²) in [6.45, 7) is 6.67. The van der Waals surface area contributed by atoms with Crippen molar-refractivity contribution in [3.05, 3.63) is 29.0 Å². The highest BCUT2D eigenvalue weighted by atomic mass is 16.5. The first kappa shape index (κ1) is 12.5. The highest BCUT2D eigenvalue weighted by molar-refractivity contribution is 5.92. The zero-order valence-electron chi connectivity index (χ0n) is 12.0. The van der Waals surface area contributed by atoms with Crippen LogP contribution in [0.3, 0.4) is 0 Å². The van der Waals surface area contributed by atoms with Gasteiger partial charge in [-0.05, 0) is 62.9 Å². The number of hydrogen-bond donors (Lipinski definition) is 2. The van der Waals surface area contributed by atoms with E-state index in [2.05, 4.69) is 36.3 Å². The summed E-state index contributed by atoms with van der Waals surface area (Å²) >= 11 is 0. The van der Waals surface area contributed by atoms with Crippen molar-refractivity contribution in [1.82, 2.24) is 10.3 Å². The van der Waals surface area contributed by atoms with Crippen molar-refractivity contribution in [2.24, 2.45) is 5.92 Å². The van der Waals surface area contributed by atoms with Crippen LogP contribution in [0.1, 0.15) is 23.2 Å². The van der Waals surface area contributed by atoms with Crippen LogP contribution in [0.2, 0.25) is 0 Å². The van der Waals surface area contributed by atoms with E-state index in [4.69, 9.17) is 4.74 Å². The van der Waals surface area contributed by atoms with Gasteiger partial charge >= 0.3 is 0 Å². The summed E-state index contributed by atoms with van der Waals surface area (Å²) in [5.41, 5.74) is 5.25. The molecule has 1 saturated heterocycles. The Labute approximate surface area is 114 Å². The lowest BCUT2D eigenvalue weighted by Gasteiger charge is -2.10. The van der Waals surface area contributed by atoms with Crippen molar-refractivity contribution in [2.75, 3.05) is 20.2 Å². The molecule has 0 amide bonds. The minimum absolute atomic E-state index is 0.767. The minimum Gasteiger partial charge on any atom is -0.495 e. The first-order valence-electron chi connectivity index (χ1n) is 7.06. The molecule has 3 nitrogen and oxygen atoms in total. The van der Waals surface area contributed by atoms with Crippen LogP contribution in [-0.2, 0) is 6.42 Å². The van der Waals surface area contributed by atoms with Gasteiger partial charge in [0.2, 0.25) is 0 Å². The molecule has 0 bridgehead atoms. The summed E-state index contributed by atoms with van der Waals surface area (Å²) in [7, 11) is 1.74. The van der Waals surface area contributed by atoms with Gasteiger partial charge in [-0.3, -0.25) is 0 Å². The maximum atomic E-state index is 5.48. The Bertz CT molecular complexity index is 594. The minimum atomic E-state index is 0.767. The molecule has 2 aromatic rings. The van der Waals surface area contributed by atoms with E-state index in [0.717, 1.165) is 36.7 Å². The van der Waals surface area contributed by atoms with Gasteiger partial charge in [-0.25, -0.2) is 0 Å². The molecule has 0 saturated carbocycles. The van der Waals surface area contributed by atoms with Gasteiger partial charge in [0.1, 0.15) is 5.75 Å². The van der Waals surface area contributed by atoms with Crippen LogP contribution in [0, 0.1) is 19.8 Å². The highest BCUT2D eigenvalue weighted by Gasteiger charge is 2.20. The van der Waals surface area contributed by atoms with Gasteiger partial charge < -0.3 is 15.0 Å².